The fourth-order valence-electron chi connectivity index (χ4n) is 3.78. The molecule has 1 aliphatic rings. The van der Waals surface area contributed by atoms with Gasteiger partial charge in [0, 0.05) is 30.9 Å². The number of hydrogen-bond acceptors (Lipinski definition) is 4. The number of hydrogen-bond donors (Lipinski definition) is 1. The Hall–Kier alpha value is -2.62. The monoisotopic (exact) mass is 440 g/mol. The molecule has 0 spiro atoms. The molecule has 4 rings (SSSR count). The van der Waals surface area contributed by atoms with Crippen molar-refractivity contribution in [1.82, 2.24) is 23.7 Å². The zero-order valence-electron chi connectivity index (χ0n) is 16.2. The Morgan fingerprint density at radius 2 is 2.00 bits per heavy atom. The van der Waals surface area contributed by atoms with E-state index in [1.165, 1.54) is 4.57 Å². The summed E-state index contributed by atoms with van der Waals surface area (Å²) in [6, 6.07) is 3.36. The van der Waals surface area contributed by atoms with Crippen LogP contribution in [-0.2, 0) is 13.1 Å². The summed E-state index contributed by atoms with van der Waals surface area (Å²) in [6.07, 6.45) is -2.33. The number of aromatic nitrogens is 5. The Balaban J connectivity index is 1.75. The van der Waals surface area contributed by atoms with Crippen molar-refractivity contribution in [3.63, 3.8) is 0 Å². The highest BCUT2D eigenvalue weighted by atomic mass is 35.5. The lowest BCUT2D eigenvalue weighted by Crippen LogP contribution is -2.26. The van der Waals surface area contributed by atoms with E-state index in [9.17, 15) is 18.0 Å². The standard InChI is InChI=1S/C19H20ClF3N6O/c1-11-14(9-24)28(18(30)29(11)12-3-4-12)10-16-26-17-13(5-6-15(20)25-17)27(16)8-2-7-19(21,22)23/h5-6,9,12,24H,2-4,7-8,10H2,1H3. The number of nitrogens with one attached hydrogen (secondary N) is 1. The van der Waals surface area contributed by atoms with Crippen LogP contribution in [0.5, 0.6) is 0 Å². The van der Waals surface area contributed by atoms with Gasteiger partial charge >= 0.3 is 11.9 Å². The van der Waals surface area contributed by atoms with Crippen LogP contribution in [0, 0.1) is 12.3 Å². The lowest BCUT2D eigenvalue weighted by atomic mass is 10.3. The van der Waals surface area contributed by atoms with Crippen molar-refractivity contribution in [3.8, 4) is 0 Å². The molecule has 0 bridgehead atoms. The van der Waals surface area contributed by atoms with Gasteiger partial charge in [-0.25, -0.2) is 14.8 Å². The molecule has 3 aromatic rings. The fraction of sp³-hybridized carbons (Fsp3) is 0.474. The minimum atomic E-state index is -4.25. The molecule has 0 aromatic carbocycles. The summed E-state index contributed by atoms with van der Waals surface area (Å²) < 4.78 is 42.7. The molecule has 3 heterocycles. The highest BCUT2D eigenvalue weighted by Gasteiger charge is 2.30. The molecule has 1 aliphatic carbocycles. The van der Waals surface area contributed by atoms with Crippen LogP contribution in [-0.4, -0.2) is 36.1 Å². The van der Waals surface area contributed by atoms with Crippen LogP contribution in [0.4, 0.5) is 13.2 Å². The maximum atomic E-state index is 13.0. The van der Waals surface area contributed by atoms with Crippen molar-refractivity contribution in [1.29, 1.82) is 5.41 Å². The lowest BCUT2D eigenvalue weighted by Gasteiger charge is -2.11. The number of halogens is 4. The number of nitrogens with zero attached hydrogens (tertiary/aromatic N) is 5. The van der Waals surface area contributed by atoms with E-state index < -0.39 is 12.6 Å². The normalized spacial score (nSPS) is 14.6. The molecule has 1 saturated carbocycles. The summed E-state index contributed by atoms with van der Waals surface area (Å²) in [5, 5.41) is 7.98. The van der Waals surface area contributed by atoms with Crippen molar-refractivity contribution >= 4 is 29.0 Å². The summed E-state index contributed by atoms with van der Waals surface area (Å²) >= 11 is 5.95. The van der Waals surface area contributed by atoms with E-state index in [4.69, 9.17) is 17.0 Å². The van der Waals surface area contributed by atoms with Crippen LogP contribution in [0.15, 0.2) is 16.9 Å². The summed E-state index contributed by atoms with van der Waals surface area (Å²) in [5.41, 5.74) is 1.80. The first-order chi connectivity index (χ1) is 14.2. The van der Waals surface area contributed by atoms with E-state index in [-0.39, 0.29) is 36.4 Å². The predicted molar refractivity (Wildman–Crippen MR) is 107 cm³/mol. The van der Waals surface area contributed by atoms with Crippen molar-refractivity contribution in [2.45, 2.75) is 57.9 Å². The van der Waals surface area contributed by atoms with E-state index in [1.54, 1.807) is 28.2 Å². The number of rotatable bonds is 7. The Morgan fingerprint density at radius 1 is 1.27 bits per heavy atom. The molecule has 3 aromatic heterocycles. The Kier molecular flexibility index (Phi) is 5.21. The molecule has 0 atom stereocenters. The minimum absolute atomic E-state index is 0.0318. The van der Waals surface area contributed by atoms with Crippen LogP contribution in [0.3, 0.4) is 0 Å². The van der Waals surface area contributed by atoms with E-state index in [1.807, 2.05) is 0 Å². The largest absolute Gasteiger partial charge is 0.389 e. The number of imidazole rings is 2. The average molecular weight is 441 g/mol. The smallest absolute Gasteiger partial charge is 0.325 e. The van der Waals surface area contributed by atoms with Crippen LogP contribution >= 0.6 is 11.6 Å². The van der Waals surface area contributed by atoms with Gasteiger partial charge in [-0.15, -0.1) is 0 Å². The molecule has 1 fully saturated rings. The fourth-order valence-corrected chi connectivity index (χ4v) is 3.92. The van der Waals surface area contributed by atoms with Gasteiger partial charge in [0.25, 0.3) is 0 Å². The van der Waals surface area contributed by atoms with E-state index >= 15 is 0 Å². The molecule has 7 nitrogen and oxygen atoms in total. The minimum Gasteiger partial charge on any atom is -0.325 e. The van der Waals surface area contributed by atoms with Crippen LogP contribution in [0.25, 0.3) is 11.2 Å². The first kappa shape index (κ1) is 20.6. The number of alkyl halides is 3. The molecule has 11 heteroatoms. The van der Waals surface area contributed by atoms with Crippen molar-refractivity contribution < 1.29 is 13.2 Å². The number of aryl methyl sites for hydroxylation is 1. The third kappa shape index (κ3) is 3.88. The van der Waals surface area contributed by atoms with Gasteiger partial charge in [0.2, 0.25) is 0 Å². The van der Waals surface area contributed by atoms with Gasteiger partial charge in [-0.2, -0.15) is 13.2 Å². The lowest BCUT2D eigenvalue weighted by molar-refractivity contribution is -0.135. The second-order valence-corrected chi connectivity index (χ2v) is 7.85. The predicted octanol–water partition coefficient (Wildman–Crippen LogP) is 4.08. The zero-order chi connectivity index (χ0) is 21.6. The van der Waals surface area contributed by atoms with Crippen LogP contribution in [0.1, 0.15) is 48.9 Å². The van der Waals surface area contributed by atoms with Crippen LogP contribution < -0.4 is 5.69 Å². The van der Waals surface area contributed by atoms with Crippen molar-refractivity contribution in [3.05, 3.63) is 45.0 Å². The van der Waals surface area contributed by atoms with Gasteiger partial charge in [-0.05, 0) is 38.3 Å². The second-order valence-electron chi connectivity index (χ2n) is 7.46. The summed E-state index contributed by atoms with van der Waals surface area (Å²) in [7, 11) is 0. The molecule has 0 amide bonds. The van der Waals surface area contributed by atoms with Gasteiger partial charge in [0.15, 0.2) is 5.65 Å². The van der Waals surface area contributed by atoms with Gasteiger partial charge in [-0.1, -0.05) is 11.6 Å². The van der Waals surface area contributed by atoms with Crippen LogP contribution in [0.2, 0.25) is 5.15 Å². The van der Waals surface area contributed by atoms with Gasteiger partial charge in [-0.3, -0.25) is 9.13 Å². The molecular weight excluding hydrogens is 421 g/mol. The first-order valence-corrected chi connectivity index (χ1v) is 9.98. The molecule has 30 heavy (non-hydrogen) atoms. The molecule has 0 aliphatic heterocycles. The molecule has 0 radical (unpaired) electrons. The Bertz CT molecular complexity index is 1170. The van der Waals surface area contributed by atoms with Gasteiger partial charge in [0.05, 0.1) is 17.8 Å². The number of pyridine rings is 1. The SMILES string of the molecule is Cc1c(C=N)n(Cc2nc3nc(Cl)ccc3n2CCCC(F)(F)F)c(=O)n1C1CC1. The summed E-state index contributed by atoms with van der Waals surface area (Å²) in [5.74, 6) is 0.403. The number of fused-ring (bicyclic) bond motifs is 1. The topological polar surface area (TPSA) is 81.5 Å². The molecule has 1 N–H and O–H groups in total. The maximum Gasteiger partial charge on any atom is 0.389 e. The second kappa shape index (κ2) is 7.57. The highest BCUT2D eigenvalue weighted by Crippen LogP contribution is 2.35. The third-order valence-electron chi connectivity index (χ3n) is 5.31. The maximum absolute atomic E-state index is 13.0. The molecule has 160 valence electrons. The summed E-state index contributed by atoms with van der Waals surface area (Å²) in [6.45, 7) is 1.90. The summed E-state index contributed by atoms with van der Waals surface area (Å²) in [4.78, 5) is 21.6. The Labute approximate surface area is 174 Å². The highest BCUT2D eigenvalue weighted by molar-refractivity contribution is 6.29. The molecule has 0 saturated heterocycles. The van der Waals surface area contributed by atoms with Crippen molar-refractivity contribution in [2.75, 3.05) is 0 Å². The zero-order valence-corrected chi connectivity index (χ0v) is 17.0. The molecular formula is C19H20ClF3N6O. The van der Waals surface area contributed by atoms with E-state index in [0.29, 0.717) is 28.4 Å². The Morgan fingerprint density at radius 3 is 2.63 bits per heavy atom. The van der Waals surface area contributed by atoms with Crippen molar-refractivity contribution in [2.24, 2.45) is 0 Å². The van der Waals surface area contributed by atoms with E-state index in [2.05, 4.69) is 9.97 Å². The van der Waals surface area contributed by atoms with Gasteiger partial charge < -0.3 is 9.98 Å². The molecule has 0 unspecified atom stereocenters. The average Bonchev–Trinajstić information content (AvgIpc) is 3.39. The first-order valence-electron chi connectivity index (χ1n) is 9.60. The third-order valence-corrected chi connectivity index (χ3v) is 5.52. The quantitative estimate of drug-likeness (QED) is 0.444. The van der Waals surface area contributed by atoms with E-state index in [0.717, 1.165) is 19.1 Å². The van der Waals surface area contributed by atoms with Gasteiger partial charge in [0.1, 0.15) is 11.0 Å².